The maximum Gasteiger partial charge on any atom is 0.237 e. The van der Waals surface area contributed by atoms with Crippen molar-refractivity contribution < 1.29 is 9.59 Å². The zero-order valence-electron chi connectivity index (χ0n) is 11.7. The van der Waals surface area contributed by atoms with Gasteiger partial charge in [0.2, 0.25) is 11.8 Å². The van der Waals surface area contributed by atoms with Crippen molar-refractivity contribution in [3.63, 3.8) is 0 Å². The molecule has 0 aromatic carbocycles. The zero-order chi connectivity index (χ0) is 13.7. The highest BCUT2D eigenvalue weighted by atomic mass is 16.2. The van der Waals surface area contributed by atoms with E-state index in [4.69, 9.17) is 0 Å². The quantitative estimate of drug-likeness (QED) is 0.688. The Morgan fingerprint density at radius 1 is 1.26 bits per heavy atom. The summed E-state index contributed by atoms with van der Waals surface area (Å²) in [5.74, 6) is 0.177. The fourth-order valence-corrected chi connectivity index (χ4v) is 2.54. The van der Waals surface area contributed by atoms with Crippen molar-refractivity contribution in [2.24, 2.45) is 0 Å². The molecule has 2 aliphatic heterocycles. The maximum absolute atomic E-state index is 11.9. The summed E-state index contributed by atoms with van der Waals surface area (Å²) in [6, 6.07) is -0.0567. The Hall–Kier alpha value is -1.14. The van der Waals surface area contributed by atoms with E-state index in [1.807, 2.05) is 4.90 Å². The monoisotopic (exact) mass is 268 g/mol. The van der Waals surface area contributed by atoms with Gasteiger partial charge in [-0.2, -0.15) is 0 Å². The van der Waals surface area contributed by atoms with Crippen LogP contribution in [-0.4, -0.2) is 74.0 Å². The Morgan fingerprint density at radius 2 is 2.00 bits per heavy atom. The first-order valence-corrected chi connectivity index (χ1v) is 7.14. The second-order valence-electron chi connectivity index (χ2n) is 5.37. The molecule has 6 heteroatoms. The smallest absolute Gasteiger partial charge is 0.237 e. The summed E-state index contributed by atoms with van der Waals surface area (Å²) in [6.07, 6.45) is 2.36. The minimum Gasteiger partial charge on any atom is -0.354 e. The number of piperazine rings is 1. The molecule has 2 heterocycles. The zero-order valence-corrected chi connectivity index (χ0v) is 11.7. The van der Waals surface area contributed by atoms with Gasteiger partial charge in [-0.3, -0.25) is 9.59 Å². The molecule has 2 rings (SSSR count). The Kier molecular flexibility index (Phi) is 5.15. The lowest BCUT2D eigenvalue weighted by molar-refractivity contribution is -0.132. The number of nitrogens with one attached hydrogen (secondary N) is 2. The third-order valence-corrected chi connectivity index (χ3v) is 3.87. The van der Waals surface area contributed by atoms with Gasteiger partial charge in [-0.15, -0.1) is 0 Å². The van der Waals surface area contributed by atoms with Gasteiger partial charge in [0.15, 0.2) is 0 Å². The SMILES string of the molecule is CN1CCN(C(=O)CCNC(=O)C2CCCN2)CC1. The van der Waals surface area contributed by atoms with Gasteiger partial charge in [0, 0.05) is 39.1 Å². The molecule has 0 aliphatic carbocycles. The van der Waals surface area contributed by atoms with Gasteiger partial charge < -0.3 is 20.4 Å². The number of carbonyl (C=O) groups is 2. The normalized spacial score (nSPS) is 24.5. The Morgan fingerprint density at radius 3 is 2.63 bits per heavy atom. The molecule has 108 valence electrons. The second-order valence-corrected chi connectivity index (χ2v) is 5.37. The molecule has 2 fully saturated rings. The van der Waals surface area contributed by atoms with Crippen LogP contribution in [0.2, 0.25) is 0 Å². The van der Waals surface area contributed by atoms with E-state index in [-0.39, 0.29) is 17.9 Å². The minimum atomic E-state index is -0.0567. The first kappa shape index (κ1) is 14.3. The number of rotatable bonds is 4. The maximum atomic E-state index is 11.9. The van der Waals surface area contributed by atoms with E-state index in [1.165, 1.54) is 0 Å². The van der Waals surface area contributed by atoms with Gasteiger partial charge in [0.1, 0.15) is 0 Å². The summed E-state index contributed by atoms with van der Waals surface area (Å²) in [4.78, 5) is 27.8. The van der Waals surface area contributed by atoms with E-state index in [0.717, 1.165) is 45.6 Å². The van der Waals surface area contributed by atoms with Crippen LogP contribution in [0.3, 0.4) is 0 Å². The van der Waals surface area contributed by atoms with Crippen LogP contribution in [-0.2, 0) is 9.59 Å². The lowest BCUT2D eigenvalue weighted by atomic mass is 10.2. The number of carbonyl (C=O) groups excluding carboxylic acids is 2. The van der Waals surface area contributed by atoms with Crippen LogP contribution in [0.25, 0.3) is 0 Å². The van der Waals surface area contributed by atoms with E-state index in [9.17, 15) is 9.59 Å². The molecule has 0 bridgehead atoms. The first-order valence-electron chi connectivity index (χ1n) is 7.14. The summed E-state index contributed by atoms with van der Waals surface area (Å²) >= 11 is 0. The average Bonchev–Trinajstić information content (AvgIpc) is 2.93. The van der Waals surface area contributed by atoms with Gasteiger partial charge in [-0.25, -0.2) is 0 Å². The summed E-state index contributed by atoms with van der Waals surface area (Å²) in [5.41, 5.74) is 0. The molecule has 2 aliphatic rings. The highest BCUT2D eigenvalue weighted by molar-refractivity contribution is 5.83. The Labute approximate surface area is 114 Å². The van der Waals surface area contributed by atoms with Crippen molar-refractivity contribution >= 4 is 11.8 Å². The summed E-state index contributed by atoms with van der Waals surface area (Å²) in [6.45, 7) is 4.83. The van der Waals surface area contributed by atoms with Crippen LogP contribution in [0.15, 0.2) is 0 Å². The van der Waals surface area contributed by atoms with Crippen molar-refractivity contribution in [1.82, 2.24) is 20.4 Å². The number of hydrogen-bond acceptors (Lipinski definition) is 4. The molecule has 1 unspecified atom stereocenters. The number of nitrogens with zero attached hydrogens (tertiary/aromatic N) is 2. The minimum absolute atomic E-state index is 0.0312. The summed E-state index contributed by atoms with van der Waals surface area (Å²) in [5, 5.41) is 5.99. The predicted octanol–water partition coefficient (Wildman–Crippen LogP) is -0.981. The highest BCUT2D eigenvalue weighted by Crippen LogP contribution is 2.05. The van der Waals surface area contributed by atoms with Crippen LogP contribution in [0.1, 0.15) is 19.3 Å². The van der Waals surface area contributed by atoms with Gasteiger partial charge >= 0.3 is 0 Å². The molecule has 6 nitrogen and oxygen atoms in total. The Bertz CT molecular complexity index is 321. The fraction of sp³-hybridized carbons (Fsp3) is 0.846. The van der Waals surface area contributed by atoms with E-state index in [1.54, 1.807) is 0 Å². The molecule has 0 spiro atoms. The van der Waals surface area contributed by atoms with Crippen molar-refractivity contribution in [3.8, 4) is 0 Å². The molecule has 2 amide bonds. The number of likely N-dealkylation sites (N-methyl/N-ethyl adjacent to an activating group) is 1. The standard InChI is InChI=1S/C13H24N4O2/c1-16-7-9-17(10-8-16)12(18)4-6-15-13(19)11-3-2-5-14-11/h11,14H,2-10H2,1H3,(H,15,19). The lowest BCUT2D eigenvalue weighted by Gasteiger charge is -2.32. The van der Waals surface area contributed by atoms with Crippen LogP contribution in [0.5, 0.6) is 0 Å². The molecule has 0 radical (unpaired) electrons. The number of amides is 2. The summed E-state index contributed by atoms with van der Waals surface area (Å²) in [7, 11) is 2.07. The largest absolute Gasteiger partial charge is 0.354 e. The van der Waals surface area contributed by atoms with Crippen LogP contribution in [0.4, 0.5) is 0 Å². The van der Waals surface area contributed by atoms with Gasteiger partial charge in [-0.1, -0.05) is 0 Å². The van der Waals surface area contributed by atoms with Crippen molar-refractivity contribution in [2.75, 3.05) is 46.3 Å². The van der Waals surface area contributed by atoms with Crippen molar-refractivity contribution in [3.05, 3.63) is 0 Å². The predicted molar refractivity (Wildman–Crippen MR) is 72.7 cm³/mol. The molecule has 2 N–H and O–H groups in total. The van der Waals surface area contributed by atoms with Crippen molar-refractivity contribution in [1.29, 1.82) is 0 Å². The van der Waals surface area contributed by atoms with E-state index < -0.39 is 0 Å². The molecule has 0 aromatic rings. The number of hydrogen-bond donors (Lipinski definition) is 2. The highest BCUT2D eigenvalue weighted by Gasteiger charge is 2.22. The molecule has 2 saturated heterocycles. The average molecular weight is 268 g/mol. The molecule has 1 atom stereocenters. The van der Waals surface area contributed by atoms with Crippen LogP contribution in [0, 0.1) is 0 Å². The first-order chi connectivity index (χ1) is 9.16. The van der Waals surface area contributed by atoms with Gasteiger partial charge in [0.05, 0.1) is 6.04 Å². The third-order valence-electron chi connectivity index (χ3n) is 3.87. The molecular weight excluding hydrogens is 244 g/mol. The second kappa shape index (κ2) is 6.86. The Balaban J connectivity index is 1.62. The summed E-state index contributed by atoms with van der Waals surface area (Å²) < 4.78 is 0. The van der Waals surface area contributed by atoms with E-state index in [0.29, 0.717) is 13.0 Å². The van der Waals surface area contributed by atoms with E-state index in [2.05, 4.69) is 22.6 Å². The molecule has 0 saturated carbocycles. The topological polar surface area (TPSA) is 64.7 Å². The van der Waals surface area contributed by atoms with Crippen LogP contribution >= 0.6 is 0 Å². The third kappa shape index (κ3) is 4.18. The van der Waals surface area contributed by atoms with Crippen molar-refractivity contribution in [2.45, 2.75) is 25.3 Å². The van der Waals surface area contributed by atoms with Gasteiger partial charge in [-0.05, 0) is 26.4 Å². The van der Waals surface area contributed by atoms with E-state index >= 15 is 0 Å². The molecular formula is C13H24N4O2. The molecule has 0 aromatic heterocycles. The fourth-order valence-electron chi connectivity index (χ4n) is 2.54. The van der Waals surface area contributed by atoms with Gasteiger partial charge in [0.25, 0.3) is 0 Å². The lowest BCUT2D eigenvalue weighted by Crippen LogP contribution is -2.48. The molecule has 19 heavy (non-hydrogen) atoms. The van der Waals surface area contributed by atoms with Crippen LogP contribution < -0.4 is 10.6 Å².